The molecule has 0 bridgehead atoms. The Morgan fingerprint density at radius 1 is 0.971 bits per heavy atom. The number of fused-ring (bicyclic) bond motifs is 1. The van der Waals surface area contributed by atoms with Gasteiger partial charge in [-0.3, -0.25) is 14.5 Å². The normalized spacial score (nSPS) is 16.1. The van der Waals surface area contributed by atoms with E-state index in [1.54, 1.807) is 42.5 Å². The third-order valence-electron chi connectivity index (χ3n) is 5.69. The van der Waals surface area contributed by atoms with Gasteiger partial charge < -0.3 is 9.52 Å². The topological polar surface area (TPSA) is 70.7 Å². The summed E-state index contributed by atoms with van der Waals surface area (Å²) in [6.07, 6.45) is 0. The van der Waals surface area contributed by atoms with Crippen molar-refractivity contribution in [2.75, 3.05) is 4.90 Å². The summed E-state index contributed by atoms with van der Waals surface area (Å²) in [4.78, 5) is 28.3. The van der Waals surface area contributed by atoms with Gasteiger partial charge in [-0.15, -0.1) is 0 Å². The molecule has 5 nitrogen and oxygen atoms in total. The summed E-state index contributed by atoms with van der Waals surface area (Å²) in [5.74, 6) is -2.00. The Morgan fingerprint density at radius 3 is 2.50 bits per heavy atom. The first-order valence-corrected chi connectivity index (χ1v) is 11.4. The Balaban J connectivity index is 1.67. The SMILES string of the molecule is Cc1cccc(C2C(C(=O)c3cc4cc(Cl)ccc4o3)=C(O)C(=O)N2c2ccc(Cl)c(Cl)c2)c1. The fourth-order valence-electron chi connectivity index (χ4n) is 4.15. The number of anilines is 1. The van der Waals surface area contributed by atoms with E-state index in [9.17, 15) is 14.7 Å². The van der Waals surface area contributed by atoms with Crippen LogP contribution in [0.3, 0.4) is 0 Å². The zero-order valence-corrected chi connectivity index (χ0v) is 19.9. The number of rotatable bonds is 4. The molecule has 0 saturated carbocycles. The molecular formula is C26H16Cl3NO4. The summed E-state index contributed by atoms with van der Waals surface area (Å²) in [6, 6.07) is 17.7. The first-order chi connectivity index (χ1) is 16.2. The summed E-state index contributed by atoms with van der Waals surface area (Å²) in [6.45, 7) is 1.90. The molecule has 0 fully saturated rings. The number of furan rings is 1. The van der Waals surface area contributed by atoms with Crippen LogP contribution in [0.25, 0.3) is 11.0 Å². The van der Waals surface area contributed by atoms with Crippen molar-refractivity contribution in [3.05, 3.63) is 110 Å². The number of hydrogen-bond acceptors (Lipinski definition) is 4. The van der Waals surface area contributed by atoms with Gasteiger partial charge in [0.25, 0.3) is 5.91 Å². The Bertz CT molecular complexity index is 1520. The number of aryl methyl sites for hydroxylation is 1. The van der Waals surface area contributed by atoms with Crippen LogP contribution in [0.2, 0.25) is 15.1 Å². The lowest BCUT2D eigenvalue weighted by Gasteiger charge is -2.27. The highest BCUT2D eigenvalue weighted by Crippen LogP contribution is 2.43. The average Bonchev–Trinajstić information content (AvgIpc) is 3.34. The third-order valence-corrected chi connectivity index (χ3v) is 6.67. The maximum absolute atomic E-state index is 13.7. The summed E-state index contributed by atoms with van der Waals surface area (Å²) in [7, 11) is 0. The molecule has 1 N–H and O–H groups in total. The Kier molecular flexibility index (Phi) is 5.64. The molecule has 4 aromatic rings. The average molecular weight is 513 g/mol. The second kappa shape index (κ2) is 8.51. The van der Waals surface area contributed by atoms with Gasteiger partial charge in [0, 0.05) is 16.1 Å². The van der Waals surface area contributed by atoms with Crippen LogP contribution in [0.4, 0.5) is 5.69 Å². The molecule has 1 aliphatic heterocycles. The van der Waals surface area contributed by atoms with E-state index >= 15 is 0 Å². The maximum atomic E-state index is 13.7. The minimum Gasteiger partial charge on any atom is -0.503 e. The molecular weight excluding hydrogens is 497 g/mol. The predicted molar refractivity (Wildman–Crippen MR) is 133 cm³/mol. The van der Waals surface area contributed by atoms with Crippen molar-refractivity contribution in [3.63, 3.8) is 0 Å². The van der Waals surface area contributed by atoms with Crippen molar-refractivity contribution >= 4 is 63.1 Å². The number of hydrogen-bond donors (Lipinski definition) is 1. The van der Waals surface area contributed by atoms with E-state index < -0.39 is 23.5 Å². The van der Waals surface area contributed by atoms with Crippen LogP contribution in [0.15, 0.2) is 82.5 Å². The number of aliphatic hydroxyl groups is 1. The molecule has 1 unspecified atom stereocenters. The van der Waals surface area contributed by atoms with E-state index in [-0.39, 0.29) is 16.4 Å². The number of carbonyl (C=O) groups is 2. The number of aliphatic hydroxyl groups excluding tert-OH is 1. The van der Waals surface area contributed by atoms with E-state index in [4.69, 9.17) is 39.2 Å². The van der Waals surface area contributed by atoms with Crippen LogP contribution >= 0.6 is 34.8 Å². The van der Waals surface area contributed by atoms with Crippen molar-refractivity contribution in [1.29, 1.82) is 0 Å². The van der Waals surface area contributed by atoms with Gasteiger partial charge in [-0.2, -0.15) is 0 Å². The minimum absolute atomic E-state index is 0.0136. The lowest BCUT2D eigenvalue weighted by molar-refractivity contribution is -0.117. The number of ketones is 1. The number of benzene rings is 3. The molecule has 0 aliphatic carbocycles. The monoisotopic (exact) mass is 511 g/mol. The quantitative estimate of drug-likeness (QED) is 0.288. The fourth-order valence-corrected chi connectivity index (χ4v) is 4.63. The Hall–Kier alpha value is -3.25. The Labute approximate surface area is 209 Å². The summed E-state index contributed by atoms with van der Waals surface area (Å²) >= 11 is 18.3. The lowest BCUT2D eigenvalue weighted by atomic mass is 9.94. The van der Waals surface area contributed by atoms with Crippen LogP contribution in [0.5, 0.6) is 0 Å². The molecule has 0 saturated heterocycles. The van der Waals surface area contributed by atoms with Gasteiger partial charge in [0.05, 0.1) is 21.7 Å². The highest BCUT2D eigenvalue weighted by Gasteiger charge is 2.45. The molecule has 8 heteroatoms. The van der Waals surface area contributed by atoms with Gasteiger partial charge in [0.1, 0.15) is 5.58 Å². The molecule has 5 rings (SSSR count). The van der Waals surface area contributed by atoms with Gasteiger partial charge in [-0.05, 0) is 55.0 Å². The van der Waals surface area contributed by atoms with Crippen LogP contribution in [0, 0.1) is 6.92 Å². The van der Waals surface area contributed by atoms with Crippen LogP contribution in [0.1, 0.15) is 27.7 Å². The zero-order valence-electron chi connectivity index (χ0n) is 17.7. The first kappa shape index (κ1) is 22.5. The van der Waals surface area contributed by atoms with Crippen molar-refractivity contribution in [2.45, 2.75) is 13.0 Å². The largest absolute Gasteiger partial charge is 0.503 e. The van der Waals surface area contributed by atoms with Crippen LogP contribution < -0.4 is 4.90 Å². The van der Waals surface area contributed by atoms with Gasteiger partial charge in [-0.25, -0.2) is 0 Å². The molecule has 3 aromatic carbocycles. The van der Waals surface area contributed by atoms with Gasteiger partial charge in [0.15, 0.2) is 11.5 Å². The third kappa shape index (κ3) is 3.76. The highest BCUT2D eigenvalue weighted by atomic mass is 35.5. The van der Waals surface area contributed by atoms with Crippen molar-refractivity contribution in [1.82, 2.24) is 0 Å². The zero-order chi connectivity index (χ0) is 24.1. The summed E-state index contributed by atoms with van der Waals surface area (Å²) in [5, 5.41) is 12.6. The van der Waals surface area contributed by atoms with Gasteiger partial charge >= 0.3 is 0 Å². The van der Waals surface area contributed by atoms with E-state index in [2.05, 4.69) is 0 Å². The Morgan fingerprint density at radius 2 is 1.76 bits per heavy atom. The number of nitrogens with zero attached hydrogens (tertiary/aromatic N) is 1. The molecule has 0 spiro atoms. The van der Waals surface area contributed by atoms with Gasteiger partial charge in [-0.1, -0.05) is 64.6 Å². The standard InChI is InChI=1S/C26H16Cl3NO4/c1-13-3-2-4-14(9-13)23-22(24(31)21-11-15-10-16(27)5-8-20(15)34-21)25(32)26(33)30(23)17-6-7-18(28)19(29)12-17/h2-12,23,32H,1H3. The van der Waals surface area contributed by atoms with Crippen LogP contribution in [-0.4, -0.2) is 16.8 Å². The lowest BCUT2D eigenvalue weighted by Crippen LogP contribution is -2.31. The number of carbonyl (C=O) groups excluding carboxylic acids is 2. The smallest absolute Gasteiger partial charge is 0.294 e. The van der Waals surface area contributed by atoms with Crippen molar-refractivity contribution < 1.29 is 19.1 Å². The maximum Gasteiger partial charge on any atom is 0.294 e. The number of Topliss-reactive ketones (excluding diaryl/α,β-unsaturated/α-hetero) is 1. The molecule has 1 amide bonds. The number of amides is 1. The van der Waals surface area contributed by atoms with Crippen molar-refractivity contribution in [3.8, 4) is 0 Å². The molecule has 1 aliphatic rings. The summed E-state index contributed by atoms with van der Waals surface area (Å²) in [5.41, 5.74) is 2.33. The van der Waals surface area contributed by atoms with E-state index in [1.165, 1.54) is 11.0 Å². The van der Waals surface area contributed by atoms with E-state index in [0.29, 0.717) is 32.3 Å². The molecule has 2 heterocycles. The predicted octanol–water partition coefficient (Wildman–Crippen LogP) is 7.48. The molecule has 1 aromatic heterocycles. The van der Waals surface area contributed by atoms with E-state index in [1.807, 2.05) is 25.1 Å². The minimum atomic E-state index is -0.908. The second-order valence-electron chi connectivity index (χ2n) is 7.97. The van der Waals surface area contributed by atoms with Crippen molar-refractivity contribution in [2.24, 2.45) is 0 Å². The first-order valence-electron chi connectivity index (χ1n) is 10.3. The second-order valence-corrected chi connectivity index (χ2v) is 9.23. The highest BCUT2D eigenvalue weighted by molar-refractivity contribution is 6.42. The van der Waals surface area contributed by atoms with Crippen LogP contribution in [-0.2, 0) is 4.79 Å². The molecule has 34 heavy (non-hydrogen) atoms. The molecule has 170 valence electrons. The molecule has 1 atom stereocenters. The fraction of sp³-hybridized carbons (Fsp3) is 0.0769. The number of halogens is 3. The molecule has 0 radical (unpaired) electrons. The summed E-state index contributed by atoms with van der Waals surface area (Å²) < 4.78 is 5.74. The van der Waals surface area contributed by atoms with E-state index in [0.717, 1.165) is 5.56 Å². The van der Waals surface area contributed by atoms with Gasteiger partial charge in [0.2, 0.25) is 5.78 Å².